The summed E-state index contributed by atoms with van der Waals surface area (Å²) in [5.41, 5.74) is 0.391. The van der Waals surface area contributed by atoms with E-state index in [0.29, 0.717) is 5.56 Å². The Kier molecular flexibility index (Phi) is 4.09. The third-order valence-corrected chi connectivity index (χ3v) is 3.48. The first-order chi connectivity index (χ1) is 10.9. The molecular weight excluding hydrogens is 304 g/mol. The first-order valence-electron chi connectivity index (χ1n) is 7.30. The Morgan fingerprint density at radius 2 is 1.57 bits per heavy atom. The van der Waals surface area contributed by atoms with Crippen LogP contribution >= 0.6 is 0 Å². The van der Waals surface area contributed by atoms with Gasteiger partial charge in [-0.2, -0.15) is 0 Å². The minimum Gasteiger partial charge on any atom is -0.433 e. The summed E-state index contributed by atoms with van der Waals surface area (Å²) in [5.74, 6) is -1.95. The summed E-state index contributed by atoms with van der Waals surface area (Å²) in [4.78, 5) is 23.4. The van der Waals surface area contributed by atoms with Crippen molar-refractivity contribution in [2.75, 3.05) is 0 Å². The lowest BCUT2D eigenvalue weighted by molar-refractivity contribution is -0.258. The molecule has 0 radical (unpaired) electrons. The maximum absolute atomic E-state index is 12.2. The Morgan fingerprint density at radius 3 is 2.13 bits per heavy atom. The maximum Gasteiger partial charge on any atom is 0.340 e. The second-order valence-electron chi connectivity index (χ2n) is 5.82. The van der Waals surface area contributed by atoms with E-state index in [1.807, 2.05) is 0 Å². The molecule has 1 aromatic rings. The number of hydrogen-bond acceptors (Lipinski definition) is 7. The summed E-state index contributed by atoms with van der Waals surface area (Å²) in [5, 5.41) is 0. The molecule has 2 heterocycles. The van der Waals surface area contributed by atoms with Crippen LogP contribution in [0.5, 0.6) is 0 Å². The molecule has 7 nitrogen and oxygen atoms in total. The SMILES string of the molecule is CC(=O)O[C@@H]1O[C@@H](OC(=O)c2ccccc2)[C@@H]2OC(C)(C)O[C@H]12. The van der Waals surface area contributed by atoms with E-state index in [9.17, 15) is 9.59 Å². The predicted octanol–water partition coefficient (Wildman–Crippen LogP) is 1.61. The number of carbonyl (C=O) groups is 2. The van der Waals surface area contributed by atoms with Crippen LogP contribution in [0.2, 0.25) is 0 Å². The first kappa shape index (κ1) is 15.9. The van der Waals surface area contributed by atoms with Crippen LogP contribution in [0, 0.1) is 0 Å². The Balaban J connectivity index is 1.74. The van der Waals surface area contributed by atoms with E-state index in [1.54, 1.807) is 44.2 Å². The molecule has 2 saturated heterocycles. The van der Waals surface area contributed by atoms with Gasteiger partial charge in [0.25, 0.3) is 0 Å². The lowest BCUT2D eigenvalue weighted by atomic mass is 10.2. The van der Waals surface area contributed by atoms with E-state index in [0.717, 1.165) is 0 Å². The molecule has 0 saturated carbocycles. The highest BCUT2D eigenvalue weighted by molar-refractivity contribution is 5.89. The minimum absolute atomic E-state index is 0.391. The van der Waals surface area contributed by atoms with Gasteiger partial charge >= 0.3 is 11.9 Å². The summed E-state index contributed by atoms with van der Waals surface area (Å²) < 4.78 is 27.3. The molecule has 0 bridgehead atoms. The molecule has 4 atom stereocenters. The third kappa shape index (κ3) is 3.36. The lowest BCUT2D eigenvalue weighted by Gasteiger charge is -2.23. The van der Waals surface area contributed by atoms with Gasteiger partial charge in [0, 0.05) is 6.92 Å². The van der Waals surface area contributed by atoms with Gasteiger partial charge in [0.1, 0.15) is 0 Å². The molecule has 3 rings (SSSR count). The average molecular weight is 322 g/mol. The smallest absolute Gasteiger partial charge is 0.340 e. The van der Waals surface area contributed by atoms with Crippen LogP contribution in [0.3, 0.4) is 0 Å². The van der Waals surface area contributed by atoms with E-state index < -0.39 is 42.5 Å². The highest BCUT2D eigenvalue weighted by atomic mass is 16.9. The zero-order valence-electron chi connectivity index (χ0n) is 13.1. The Morgan fingerprint density at radius 1 is 1.00 bits per heavy atom. The molecular formula is C16H18O7. The number of rotatable bonds is 3. The fourth-order valence-corrected chi connectivity index (χ4v) is 2.63. The molecule has 0 aliphatic carbocycles. The monoisotopic (exact) mass is 322 g/mol. The summed E-state index contributed by atoms with van der Waals surface area (Å²) in [6, 6.07) is 8.53. The van der Waals surface area contributed by atoms with Crippen LogP contribution in [0.4, 0.5) is 0 Å². The average Bonchev–Trinajstić information content (AvgIpc) is 2.95. The third-order valence-electron chi connectivity index (χ3n) is 3.48. The first-order valence-corrected chi connectivity index (χ1v) is 7.30. The van der Waals surface area contributed by atoms with Crippen LogP contribution in [-0.4, -0.2) is 42.5 Å². The Bertz CT molecular complexity index is 598. The number of ether oxygens (including phenoxy) is 5. The molecule has 0 spiro atoms. The van der Waals surface area contributed by atoms with Crippen LogP contribution in [0.25, 0.3) is 0 Å². The van der Waals surface area contributed by atoms with E-state index >= 15 is 0 Å². The van der Waals surface area contributed by atoms with Crippen LogP contribution in [-0.2, 0) is 28.5 Å². The van der Waals surface area contributed by atoms with Gasteiger partial charge in [-0.3, -0.25) is 9.53 Å². The van der Waals surface area contributed by atoms with Crippen molar-refractivity contribution in [1.29, 1.82) is 0 Å². The summed E-state index contributed by atoms with van der Waals surface area (Å²) >= 11 is 0. The van der Waals surface area contributed by atoms with Crippen molar-refractivity contribution in [3.05, 3.63) is 35.9 Å². The predicted molar refractivity (Wildman–Crippen MR) is 76.1 cm³/mol. The van der Waals surface area contributed by atoms with Gasteiger partial charge in [-0.15, -0.1) is 0 Å². The van der Waals surface area contributed by atoms with Crippen LogP contribution in [0.15, 0.2) is 30.3 Å². The number of carbonyl (C=O) groups excluding carboxylic acids is 2. The number of benzene rings is 1. The molecule has 2 aliphatic rings. The topological polar surface area (TPSA) is 80.3 Å². The quantitative estimate of drug-likeness (QED) is 0.782. The van der Waals surface area contributed by atoms with Crippen molar-refractivity contribution in [1.82, 2.24) is 0 Å². The van der Waals surface area contributed by atoms with Gasteiger partial charge in [-0.1, -0.05) is 18.2 Å². The molecule has 23 heavy (non-hydrogen) atoms. The lowest BCUT2D eigenvalue weighted by Crippen LogP contribution is -2.33. The summed E-state index contributed by atoms with van der Waals surface area (Å²) in [6.07, 6.45) is -3.31. The van der Waals surface area contributed by atoms with Crippen molar-refractivity contribution in [3.8, 4) is 0 Å². The molecule has 124 valence electrons. The largest absolute Gasteiger partial charge is 0.433 e. The van der Waals surface area contributed by atoms with Crippen molar-refractivity contribution in [2.24, 2.45) is 0 Å². The van der Waals surface area contributed by atoms with Gasteiger partial charge in [0.05, 0.1) is 5.56 Å². The molecule has 0 amide bonds. The van der Waals surface area contributed by atoms with Crippen molar-refractivity contribution in [3.63, 3.8) is 0 Å². The second-order valence-corrected chi connectivity index (χ2v) is 5.82. The summed E-state index contributed by atoms with van der Waals surface area (Å²) in [6.45, 7) is 4.72. The Labute approximate surface area is 133 Å². The van der Waals surface area contributed by atoms with Crippen LogP contribution < -0.4 is 0 Å². The van der Waals surface area contributed by atoms with Gasteiger partial charge < -0.3 is 18.9 Å². The standard InChI is InChI=1S/C16H18O7/c1-9(17)19-14-11-12(23-16(2,3)22-11)15(21-14)20-13(18)10-7-5-4-6-8-10/h4-8,11-12,14-15H,1-3H3/t11-,12+,14+,15+/m0/s1. The van der Waals surface area contributed by atoms with Crippen LogP contribution in [0.1, 0.15) is 31.1 Å². The van der Waals surface area contributed by atoms with E-state index in [2.05, 4.69) is 0 Å². The maximum atomic E-state index is 12.2. The summed E-state index contributed by atoms with van der Waals surface area (Å²) in [7, 11) is 0. The Hall–Kier alpha value is -1.96. The van der Waals surface area contributed by atoms with Gasteiger partial charge in [0.2, 0.25) is 12.6 Å². The molecule has 1 aromatic carbocycles. The highest BCUT2D eigenvalue weighted by Gasteiger charge is 2.58. The molecule has 2 aliphatic heterocycles. The number of esters is 2. The van der Waals surface area contributed by atoms with E-state index in [4.69, 9.17) is 23.7 Å². The number of fused-ring (bicyclic) bond motifs is 1. The molecule has 0 aromatic heterocycles. The normalized spacial score (nSPS) is 31.4. The van der Waals surface area contributed by atoms with E-state index in [-0.39, 0.29) is 0 Å². The fraction of sp³-hybridized carbons (Fsp3) is 0.500. The molecule has 7 heteroatoms. The highest BCUT2D eigenvalue weighted by Crippen LogP contribution is 2.39. The van der Waals surface area contributed by atoms with Gasteiger partial charge in [0.15, 0.2) is 18.0 Å². The molecule has 0 N–H and O–H groups in total. The number of hydrogen-bond donors (Lipinski definition) is 0. The van der Waals surface area contributed by atoms with Crippen molar-refractivity contribution in [2.45, 2.75) is 51.3 Å². The zero-order chi connectivity index (χ0) is 16.6. The fourth-order valence-electron chi connectivity index (χ4n) is 2.63. The minimum atomic E-state index is -1.01. The second kappa shape index (κ2) is 5.92. The van der Waals surface area contributed by atoms with Gasteiger partial charge in [-0.25, -0.2) is 4.79 Å². The van der Waals surface area contributed by atoms with E-state index in [1.165, 1.54) is 6.92 Å². The van der Waals surface area contributed by atoms with Gasteiger partial charge in [-0.05, 0) is 26.0 Å². The van der Waals surface area contributed by atoms with Crippen molar-refractivity contribution >= 4 is 11.9 Å². The van der Waals surface area contributed by atoms with Crippen molar-refractivity contribution < 1.29 is 33.3 Å². The zero-order valence-corrected chi connectivity index (χ0v) is 13.1. The molecule has 0 unspecified atom stereocenters. The molecule has 2 fully saturated rings.